The lowest BCUT2D eigenvalue weighted by Crippen LogP contribution is -2.31. The highest BCUT2D eigenvalue weighted by Gasteiger charge is 2.12. The molecule has 4 heteroatoms. The standard InChI is InChI=1S/C12H19N3O/c1-16-12-3-2-11(9-15-12)14-8-10-4-6-13-7-5-10/h2-3,9-10,13-14H,4-8H2,1H3. The molecule has 0 unspecified atom stereocenters. The number of nitrogens with one attached hydrogen (secondary N) is 2. The number of methoxy groups -OCH3 is 1. The Balaban J connectivity index is 1.79. The van der Waals surface area contributed by atoms with Crippen molar-refractivity contribution in [3.05, 3.63) is 18.3 Å². The fourth-order valence-corrected chi connectivity index (χ4v) is 1.95. The highest BCUT2D eigenvalue weighted by Crippen LogP contribution is 2.15. The van der Waals surface area contributed by atoms with Crippen molar-refractivity contribution >= 4 is 5.69 Å². The summed E-state index contributed by atoms with van der Waals surface area (Å²) < 4.78 is 5.02. The number of pyridine rings is 1. The van der Waals surface area contributed by atoms with E-state index in [4.69, 9.17) is 4.74 Å². The molecule has 1 aromatic heterocycles. The van der Waals surface area contributed by atoms with Crippen LogP contribution in [0.15, 0.2) is 18.3 Å². The van der Waals surface area contributed by atoms with Crippen LogP contribution in [0, 0.1) is 5.92 Å². The smallest absolute Gasteiger partial charge is 0.213 e. The van der Waals surface area contributed by atoms with E-state index in [1.54, 1.807) is 7.11 Å². The first-order valence-electron chi connectivity index (χ1n) is 5.83. The molecule has 2 rings (SSSR count). The zero-order chi connectivity index (χ0) is 11.2. The van der Waals surface area contributed by atoms with Gasteiger partial charge in [0.1, 0.15) is 0 Å². The molecule has 1 aliphatic rings. The van der Waals surface area contributed by atoms with Gasteiger partial charge in [0.25, 0.3) is 0 Å². The van der Waals surface area contributed by atoms with Gasteiger partial charge in [-0.1, -0.05) is 0 Å². The van der Waals surface area contributed by atoms with Gasteiger partial charge in [0, 0.05) is 12.6 Å². The second-order valence-corrected chi connectivity index (χ2v) is 4.16. The minimum atomic E-state index is 0.660. The molecule has 0 atom stereocenters. The predicted molar refractivity (Wildman–Crippen MR) is 64.9 cm³/mol. The van der Waals surface area contributed by atoms with E-state index in [-0.39, 0.29) is 0 Å². The number of anilines is 1. The van der Waals surface area contributed by atoms with Crippen molar-refractivity contribution in [2.24, 2.45) is 5.92 Å². The van der Waals surface area contributed by atoms with Gasteiger partial charge in [-0.3, -0.25) is 0 Å². The lowest BCUT2D eigenvalue weighted by atomic mass is 9.98. The maximum absolute atomic E-state index is 5.02. The molecule has 0 aromatic carbocycles. The van der Waals surface area contributed by atoms with Crippen molar-refractivity contribution < 1.29 is 4.74 Å². The van der Waals surface area contributed by atoms with Crippen LogP contribution in [-0.2, 0) is 0 Å². The van der Waals surface area contributed by atoms with E-state index in [1.165, 1.54) is 12.8 Å². The van der Waals surface area contributed by atoms with Gasteiger partial charge in [-0.15, -0.1) is 0 Å². The molecule has 2 heterocycles. The van der Waals surface area contributed by atoms with Gasteiger partial charge in [0.05, 0.1) is 19.0 Å². The Morgan fingerprint density at radius 2 is 2.25 bits per heavy atom. The predicted octanol–water partition coefficient (Wildman–Crippen LogP) is 1.50. The van der Waals surface area contributed by atoms with Crippen molar-refractivity contribution in [2.75, 3.05) is 32.1 Å². The zero-order valence-electron chi connectivity index (χ0n) is 9.70. The Labute approximate surface area is 96.4 Å². The van der Waals surface area contributed by atoms with Gasteiger partial charge in [-0.2, -0.15) is 0 Å². The summed E-state index contributed by atoms with van der Waals surface area (Å²) in [6, 6.07) is 3.89. The first kappa shape index (κ1) is 11.2. The molecule has 0 aliphatic carbocycles. The van der Waals surface area contributed by atoms with Gasteiger partial charge < -0.3 is 15.4 Å². The maximum atomic E-state index is 5.02. The van der Waals surface area contributed by atoms with E-state index < -0.39 is 0 Å². The first-order chi connectivity index (χ1) is 7.88. The molecule has 0 spiro atoms. The second-order valence-electron chi connectivity index (χ2n) is 4.16. The highest BCUT2D eigenvalue weighted by molar-refractivity contribution is 5.41. The third-order valence-electron chi connectivity index (χ3n) is 3.00. The van der Waals surface area contributed by atoms with Crippen molar-refractivity contribution in [1.29, 1.82) is 0 Å². The molecular formula is C12H19N3O. The molecule has 0 amide bonds. The van der Waals surface area contributed by atoms with Crippen LogP contribution in [0.3, 0.4) is 0 Å². The quantitative estimate of drug-likeness (QED) is 0.809. The number of rotatable bonds is 4. The summed E-state index contributed by atoms with van der Waals surface area (Å²) in [6.45, 7) is 3.33. The number of ether oxygens (including phenoxy) is 1. The third kappa shape index (κ3) is 3.10. The lowest BCUT2D eigenvalue weighted by Gasteiger charge is -2.23. The molecular weight excluding hydrogens is 202 g/mol. The van der Waals surface area contributed by atoms with Gasteiger partial charge in [-0.05, 0) is 37.9 Å². The van der Waals surface area contributed by atoms with Crippen molar-refractivity contribution in [1.82, 2.24) is 10.3 Å². The molecule has 88 valence electrons. The number of hydrogen-bond acceptors (Lipinski definition) is 4. The molecule has 2 N–H and O–H groups in total. The van der Waals surface area contributed by atoms with Gasteiger partial charge in [0.2, 0.25) is 5.88 Å². The zero-order valence-corrected chi connectivity index (χ0v) is 9.70. The van der Waals surface area contributed by atoms with E-state index in [2.05, 4.69) is 15.6 Å². The maximum Gasteiger partial charge on any atom is 0.213 e. The molecule has 0 bridgehead atoms. The summed E-state index contributed by atoms with van der Waals surface area (Å²) in [5.74, 6) is 1.44. The Hall–Kier alpha value is -1.29. The first-order valence-corrected chi connectivity index (χ1v) is 5.83. The summed E-state index contributed by atoms with van der Waals surface area (Å²) in [6.07, 6.45) is 4.34. The average molecular weight is 221 g/mol. The fraction of sp³-hybridized carbons (Fsp3) is 0.583. The molecule has 16 heavy (non-hydrogen) atoms. The van der Waals surface area contributed by atoms with E-state index >= 15 is 0 Å². The summed E-state index contributed by atoms with van der Waals surface area (Å²) in [7, 11) is 1.63. The molecule has 1 fully saturated rings. The van der Waals surface area contributed by atoms with E-state index in [1.807, 2.05) is 18.3 Å². The molecule has 0 saturated carbocycles. The molecule has 1 aliphatic heterocycles. The van der Waals surface area contributed by atoms with Crippen LogP contribution in [-0.4, -0.2) is 31.7 Å². The minimum absolute atomic E-state index is 0.660. The number of aromatic nitrogens is 1. The normalized spacial score (nSPS) is 17.1. The fourth-order valence-electron chi connectivity index (χ4n) is 1.95. The average Bonchev–Trinajstić information content (AvgIpc) is 2.38. The van der Waals surface area contributed by atoms with Gasteiger partial charge in [0.15, 0.2) is 0 Å². The SMILES string of the molecule is COc1ccc(NCC2CCNCC2)cn1. The van der Waals surface area contributed by atoms with Crippen LogP contribution in [0.5, 0.6) is 5.88 Å². The molecule has 1 aromatic rings. The Morgan fingerprint density at radius 3 is 2.88 bits per heavy atom. The minimum Gasteiger partial charge on any atom is -0.481 e. The molecule has 0 radical (unpaired) electrons. The Bertz CT molecular complexity index is 307. The van der Waals surface area contributed by atoms with Crippen molar-refractivity contribution in [3.8, 4) is 5.88 Å². The monoisotopic (exact) mass is 221 g/mol. The third-order valence-corrected chi connectivity index (χ3v) is 3.00. The summed E-state index contributed by atoms with van der Waals surface area (Å²) in [5.41, 5.74) is 1.07. The van der Waals surface area contributed by atoms with Crippen LogP contribution in [0.25, 0.3) is 0 Å². The van der Waals surface area contributed by atoms with E-state index in [9.17, 15) is 0 Å². The van der Waals surface area contributed by atoms with Gasteiger partial charge in [-0.25, -0.2) is 4.98 Å². The van der Waals surface area contributed by atoms with Crippen molar-refractivity contribution in [2.45, 2.75) is 12.8 Å². The Morgan fingerprint density at radius 1 is 1.44 bits per heavy atom. The van der Waals surface area contributed by atoms with Crippen LogP contribution in [0.2, 0.25) is 0 Å². The molecule has 1 saturated heterocycles. The van der Waals surface area contributed by atoms with Crippen LogP contribution < -0.4 is 15.4 Å². The largest absolute Gasteiger partial charge is 0.481 e. The van der Waals surface area contributed by atoms with E-state index in [0.717, 1.165) is 31.2 Å². The number of piperidine rings is 1. The summed E-state index contributed by atoms with van der Waals surface area (Å²) in [5, 5.41) is 6.79. The number of hydrogen-bond donors (Lipinski definition) is 2. The van der Waals surface area contributed by atoms with Crippen molar-refractivity contribution in [3.63, 3.8) is 0 Å². The van der Waals surface area contributed by atoms with E-state index in [0.29, 0.717) is 5.88 Å². The summed E-state index contributed by atoms with van der Waals surface area (Å²) in [4.78, 5) is 4.16. The van der Waals surface area contributed by atoms with Crippen LogP contribution in [0.1, 0.15) is 12.8 Å². The topological polar surface area (TPSA) is 46.2 Å². The van der Waals surface area contributed by atoms with Crippen LogP contribution >= 0.6 is 0 Å². The highest BCUT2D eigenvalue weighted by atomic mass is 16.5. The van der Waals surface area contributed by atoms with Crippen LogP contribution in [0.4, 0.5) is 5.69 Å². The summed E-state index contributed by atoms with van der Waals surface area (Å²) >= 11 is 0. The number of nitrogens with zero attached hydrogens (tertiary/aromatic N) is 1. The molecule has 4 nitrogen and oxygen atoms in total. The van der Waals surface area contributed by atoms with Gasteiger partial charge >= 0.3 is 0 Å². The second kappa shape index (κ2) is 5.70. The Kier molecular flexibility index (Phi) is 3.99. The lowest BCUT2D eigenvalue weighted by molar-refractivity contribution is 0.389.